The molecule has 1 aliphatic heterocycles. The molecule has 0 aromatic heterocycles. The van der Waals surface area contributed by atoms with E-state index < -0.39 is 29.5 Å². The number of halogens is 3. The highest BCUT2D eigenvalue weighted by atomic mass is 19.2. The molecule has 0 N–H and O–H groups in total. The molecule has 0 bridgehead atoms. The van der Waals surface area contributed by atoms with Gasteiger partial charge in [-0.05, 0) is 72.6 Å². The predicted molar refractivity (Wildman–Crippen MR) is 124 cm³/mol. The number of methoxy groups -OCH3 is 1. The summed E-state index contributed by atoms with van der Waals surface area (Å²) in [6.07, 6.45) is 1.57. The first-order valence-electron chi connectivity index (χ1n) is 11.7. The number of carbonyl (C=O) groups is 1. The van der Waals surface area contributed by atoms with Gasteiger partial charge in [0.1, 0.15) is 23.8 Å². The summed E-state index contributed by atoms with van der Waals surface area (Å²) in [6.45, 7) is 0.557. The molecular weight excluding hydrogens is 457 g/mol. The third kappa shape index (κ3) is 4.91. The van der Waals surface area contributed by atoms with Gasteiger partial charge in [0.15, 0.2) is 11.6 Å². The molecule has 3 aromatic carbocycles. The molecule has 4 nitrogen and oxygen atoms in total. The molecule has 35 heavy (non-hydrogen) atoms. The van der Waals surface area contributed by atoms with Crippen molar-refractivity contribution in [1.82, 2.24) is 0 Å². The van der Waals surface area contributed by atoms with Crippen LogP contribution in [-0.4, -0.2) is 25.8 Å². The van der Waals surface area contributed by atoms with Crippen molar-refractivity contribution in [1.29, 1.82) is 0 Å². The molecule has 1 atom stereocenters. The topological polar surface area (TPSA) is 48.1 Å². The van der Waals surface area contributed by atoms with Crippen LogP contribution in [0.15, 0.2) is 54.6 Å². The quantitative estimate of drug-likeness (QED) is 0.289. The summed E-state index contributed by atoms with van der Waals surface area (Å²) < 4.78 is 60.1. The van der Waals surface area contributed by atoms with E-state index >= 15 is 4.39 Å². The van der Waals surface area contributed by atoms with Crippen LogP contribution in [0, 0.1) is 17.5 Å². The van der Waals surface area contributed by atoms with E-state index in [0.717, 1.165) is 0 Å². The average Bonchev–Trinajstić information content (AvgIpc) is 3.72. The Kier molecular flexibility index (Phi) is 6.52. The maximum atomic E-state index is 15.0. The van der Waals surface area contributed by atoms with Gasteiger partial charge in [0.05, 0.1) is 19.3 Å². The lowest BCUT2D eigenvalue weighted by molar-refractivity contribution is 0.0189. The summed E-state index contributed by atoms with van der Waals surface area (Å²) in [5.74, 6) is -2.62. The zero-order valence-electron chi connectivity index (χ0n) is 19.2. The number of epoxide rings is 1. The van der Waals surface area contributed by atoms with Gasteiger partial charge >= 0.3 is 5.97 Å². The Morgan fingerprint density at radius 2 is 1.63 bits per heavy atom. The summed E-state index contributed by atoms with van der Waals surface area (Å²) in [6, 6.07) is 14.4. The summed E-state index contributed by atoms with van der Waals surface area (Å²) in [4.78, 5) is 12.5. The number of benzene rings is 3. The molecule has 7 heteroatoms. The fourth-order valence-corrected chi connectivity index (χ4v) is 4.72. The molecule has 5 rings (SSSR count). The number of hydrogen-bond donors (Lipinski definition) is 0. The fraction of sp³-hybridized carbons (Fsp3) is 0.321. The SMILES string of the molecule is COc1ccc(-c2ccc(C3CCC(OC(=O)c4ccc(C5CO5)cc4F)CC3)c(F)c2F)cc1. The Morgan fingerprint density at radius 3 is 2.26 bits per heavy atom. The van der Waals surface area contributed by atoms with E-state index in [0.29, 0.717) is 54.7 Å². The van der Waals surface area contributed by atoms with Gasteiger partial charge in [-0.3, -0.25) is 0 Å². The molecule has 182 valence electrons. The minimum atomic E-state index is -0.878. The Morgan fingerprint density at radius 1 is 0.914 bits per heavy atom. The van der Waals surface area contributed by atoms with Crippen LogP contribution in [0.3, 0.4) is 0 Å². The van der Waals surface area contributed by atoms with Crippen LogP contribution in [-0.2, 0) is 9.47 Å². The summed E-state index contributed by atoms with van der Waals surface area (Å²) >= 11 is 0. The van der Waals surface area contributed by atoms with Crippen LogP contribution in [0.5, 0.6) is 5.75 Å². The van der Waals surface area contributed by atoms with Gasteiger partial charge in [-0.1, -0.05) is 30.3 Å². The van der Waals surface area contributed by atoms with E-state index in [1.54, 1.807) is 49.6 Å². The lowest BCUT2D eigenvalue weighted by Gasteiger charge is -2.29. The maximum absolute atomic E-state index is 15.0. The van der Waals surface area contributed by atoms with Crippen LogP contribution in [0.2, 0.25) is 0 Å². The largest absolute Gasteiger partial charge is 0.497 e. The van der Waals surface area contributed by atoms with Crippen molar-refractivity contribution in [2.24, 2.45) is 0 Å². The van der Waals surface area contributed by atoms with Gasteiger partial charge in [-0.25, -0.2) is 18.0 Å². The molecule has 2 fully saturated rings. The van der Waals surface area contributed by atoms with E-state index in [1.165, 1.54) is 12.1 Å². The Bertz CT molecular complexity index is 1230. The molecule has 0 radical (unpaired) electrons. The van der Waals surface area contributed by atoms with Gasteiger partial charge in [0.25, 0.3) is 0 Å². The number of carbonyl (C=O) groups excluding carboxylic acids is 1. The van der Waals surface area contributed by atoms with E-state index in [9.17, 15) is 13.6 Å². The number of ether oxygens (including phenoxy) is 3. The lowest BCUT2D eigenvalue weighted by atomic mass is 9.82. The van der Waals surface area contributed by atoms with Crippen molar-refractivity contribution < 1.29 is 32.2 Å². The molecule has 3 aromatic rings. The second-order valence-electron chi connectivity index (χ2n) is 9.00. The number of hydrogen-bond acceptors (Lipinski definition) is 4. The fourth-order valence-electron chi connectivity index (χ4n) is 4.72. The third-order valence-electron chi connectivity index (χ3n) is 6.82. The summed E-state index contributed by atoms with van der Waals surface area (Å²) in [5.41, 5.74) is 1.67. The first kappa shape index (κ1) is 23.4. The second kappa shape index (κ2) is 9.74. The van der Waals surface area contributed by atoms with Crippen molar-refractivity contribution in [3.05, 3.63) is 88.7 Å². The van der Waals surface area contributed by atoms with Crippen molar-refractivity contribution in [3.8, 4) is 16.9 Å². The summed E-state index contributed by atoms with van der Waals surface area (Å²) in [7, 11) is 1.54. The van der Waals surface area contributed by atoms with Crippen LogP contribution in [0.4, 0.5) is 13.2 Å². The van der Waals surface area contributed by atoms with Gasteiger partial charge < -0.3 is 14.2 Å². The highest BCUT2D eigenvalue weighted by molar-refractivity contribution is 5.89. The van der Waals surface area contributed by atoms with Crippen LogP contribution < -0.4 is 4.74 Å². The zero-order chi connectivity index (χ0) is 24.5. The number of esters is 1. The van der Waals surface area contributed by atoms with Gasteiger partial charge in [-0.2, -0.15) is 0 Å². The Labute approximate surface area is 201 Å². The minimum Gasteiger partial charge on any atom is -0.497 e. The molecule has 2 aliphatic rings. The Balaban J connectivity index is 1.22. The number of rotatable bonds is 6. The molecule has 1 unspecified atom stereocenters. The highest BCUT2D eigenvalue weighted by Gasteiger charge is 2.30. The monoisotopic (exact) mass is 482 g/mol. The van der Waals surface area contributed by atoms with Crippen molar-refractivity contribution in [3.63, 3.8) is 0 Å². The van der Waals surface area contributed by atoms with Crippen LogP contribution in [0.1, 0.15) is 59.2 Å². The molecule has 1 saturated heterocycles. The average molecular weight is 482 g/mol. The smallest absolute Gasteiger partial charge is 0.341 e. The van der Waals surface area contributed by atoms with Crippen molar-refractivity contribution in [2.75, 3.05) is 13.7 Å². The van der Waals surface area contributed by atoms with E-state index in [1.807, 2.05) is 0 Å². The lowest BCUT2D eigenvalue weighted by Crippen LogP contribution is -2.25. The Hall–Kier alpha value is -3.32. The molecular formula is C28H25F3O4. The normalized spacial score (nSPS) is 21.4. The molecule has 0 spiro atoms. The third-order valence-corrected chi connectivity index (χ3v) is 6.82. The first-order chi connectivity index (χ1) is 16.9. The molecule has 1 heterocycles. The standard InChI is InChI=1S/C28H25F3O4/c1-33-19-7-2-16(3-8-19)21-12-13-22(27(31)26(21)30)17-4-9-20(10-5-17)35-28(32)23-11-6-18(14-24(23)29)25-15-34-25/h2-3,6-8,11-14,17,20,25H,4-5,9-10,15H2,1H3. The second-order valence-corrected chi connectivity index (χ2v) is 9.00. The van der Waals surface area contributed by atoms with E-state index in [2.05, 4.69) is 0 Å². The van der Waals surface area contributed by atoms with Crippen LogP contribution in [0.25, 0.3) is 11.1 Å². The van der Waals surface area contributed by atoms with Gasteiger partial charge in [0.2, 0.25) is 0 Å². The highest BCUT2D eigenvalue weighted by Crippen LogP contribution is 2.38. The van der Waals surface area contributed by atoms with Crippen molar-refractivity contribution in [2.45, 2.75) is 43.8 Å². The van der Waals surface area contributed by atoms with Crippen molar-refractivity contribution >= 4 is 5.97 Å². The maximum Gasteiger partial charge on any atom is 0.341 e. The van der Waals surface area contributed by atoms with Gasteiger partial charge in [0, 0.05) is 5.56 Å². The van der Waals surface area contributed by atoms with Crippen LogP contribution >= 0.6 is 0 Å². The predicted octanol–water partition coefficient (Wildman–Crippen LogP) is 6.73. The van der Waals surface area contributed by atoms with Gasteiger partial charge in [-0.15, -0.1) is 0 Å². The molecule has 1 saturated carbocycles. The zero-order valence-corrected chi connectivity index (χ0v) is 19.2. The summed E-state index contributed by atoms with van der Waals surface area (Å²) in [5, 5.41) is 0. The minimum absolute atomic E-state index is 0.0969. The first-order valence-corrected chi connectivity index (χ1v) is 11.7. The van der Waals surface area contributed by atoms with E-state index in [4.69, 9.17) is 14.2 Å². The molecule has 0 amide bonds. The molecule has 1 aliphatic carbocycles. The van der Waals surface area contributed by atoms with E-state index in [-0.39, 0.29) is 23.1 Å².